The van der Waals surface area contributed by atoms with Gasteiger partial charge in [0.25, 0.3) is 0 Å². The van der Waals surface area contributed by atoms with E-state index in [0.717, 1.165) is 5.56 Å². The summed E-state index contributed by atoms with van der Waals surface area (Å²) in [6.45, 7) is 1.81. The number of carboxylic acid groups (broad SMARTS) is 1. The average molecular weight is 332 g/mol. The minimum atomic E-state index is -1.13. The van der Waals surface area contributed by atoms with E-state index < -0.39 is 5.97 Å². The van der Waals surface area contributed by atoms with Crippen molar-refractivity contribution in [3.05, 3.63) is 50.6 Å². The lowest BCUT2D eigenvalue weighted by atomic mass is 10.2. The number of nitrogens with zero attached hydrogens (tertiary/aromatic N) is 1. The standard InChI is InChI=1S/C13H9Cl3N2O2/c1-6-2-4-8(14)11(10(6)16)18-12-7(13(19)20)3-5-9(15)17-12/h2-5H,1H3,(H,17,18)(H,19,20). The van der Waals surface area contributed by atoms with Crippen molar-refractivity contribution in [2.45, 2.75) is 6.92 Å². The van der Waals surface area contributed by atoms with E-state index in [9.17, 15) is 4.79 Å². The predicted octanol–water partition coefficient (Wildman–Crippen LogP) is 4.79. The molecule has 104 valence electrons. The van der Waals surface area contributed by atoms with Crippen LogP contribution in [0.25, 0.3) is 0 Å². The number of aryl methyl sites for hydroxylation is 1. The summed E-state index contributed by atoms with van der Waals surface area (Å²) in [6.07, 6.45) is 0. The lowest BCUT2D eigenvalue weighted by Gasteiger charge is -2.13. The van der Waals surface area contributed by atoms with Gasteiger partial charge in [0, 0.05) is 0 Å². The summed E-state index contributed by atoms with van der Waals surface area (Å²) in [5.74, 6) is -1.05. The number of hydrogen-bond donors (Lipinski definition) is 2. The molecule has 0 saturated heterocycles. The number of carbonyl (C=O) groups is 1. The molecule has 1 heterocycles. The maximum absolute atomic E-state index is 11.2. The third kappa shape index (κ3) is 2.98. The van der Waals surface area contributed by atoms with Gasteiger partial charge in [-0.05, 0) is 30.7 Å². The minimum Gasteiger partial charge on any atom is -0.478 e. The Morgan fingerprint density at radius 2 is 1.90 bits per heavy atom. The molecule has 0 spiro atoms. The Morgan fingerprint density at radius 1 is 1.20 bits per heavy atom. The Bertz CT molecular complexity index is 690. The van der Waals surface area contributed by atoms with Crippen LogP contribution in [0.5, 0.6) is 0 Å². The molecule has 0 radical (unpaired) electrons. The number of halogens is 3. The quantitative estimate of drug-likeness (QED) is 0.794. The highest BCUT2D eigenvalue weighted by Gasteiger charge is 2.16. The molecular weight excluding hydrogens is 323 g/mol. The monoisotopic (exact) mass is 330 g/mol. The topological polar surface area (TPSA) is 62.2 Å². The maximum Gasteiger partial charge on any atom is 0.339 e. The van der Waals surface area contributed by atoms with Crippen molar-refractivity contribution in [1.82, 2.24) is 4.98 Å². The molecule has 2 rings (SSSR count). The molecule has 0 aliphatic rings. The molecule has 0 bridgehead atoms. The molecule has 4 nitrogen and oxygen atoms in total. The normalized spacial score (nSPS) is 10.4. The average Bonchev–Trinajstić information content (AvgIpc) is 2.39. The van der Waals surface area contributed by atoms with Gasteiger partial charge < -0.3 is 10.4 Å². The molecule has 0 amide bonds. The van der Waals surface area contributed by atoms with Crippen molar-refractivity contribution in [2.24, 2.45) is 0 Å². The first-order valence-electron chi connectivity index (χ1n) is 5.51. The molecule has 7 heteroatoms. The SMILES string of the molecule is Cc1ccc(Cl)c(Nc2nc(Cl)ccc2C(=O)O)c1Cl. The summed E-state index contributed by atoms with van der Waals surface area (Å²) in [6, 6.07) is 6.18. The lowest BCUT2D eigenvalue weighted by Crippen LogP contribution is -2.05. The zero-order valence-electron chi connectivity index (χ0n) is 10.2. The number of carboxylic acids is 1. The van der Waals surface area contributed by atoms with Gasteiger partial charge in [-0.1, -0.05) is 40.9 Å². The highest BCUT2D eigenvalue weighted by Crippen LogP contribution is 2.35. The van der Waals surface area contributed by atoms with Crippen LogP contribution in [-0.4, -0.2) is 16.1 Å². The van der Waals surface area contributed by atoms with Crippen LogP contribution >= 0.6 is 34.8 Å². The summed E-state index contributed by atoms with van der Waals surface area (Å²) in [7, 11) is 0. The fourth-order valence-electron chi connectivity index (χ4n) is 1.59. The van der Waals surface area contributed by atoms with E-state index in [1.165, 1.54) is 12.1 Å². The number of anilines is 2. The smallest absolute Gasteiger partial charge is 0.339 e. The second-order valence-electron chi connectivity index (χ2n) is 4.01. The van der Waals surface area contributed by atoms with Crippen LogP contribution in [0.4, 0.5) is 11.5 Å². The second kappa shape index (κ2) is 5.87. The number of rotatable bonds is 3. The number of nitrogens with one attached hydrogen (secondary N) is 1. The number of aromatic carboxylic acids is 1. The predicted molar refractivity (Wildman–Crippen MR) is 80.7 cm³/mol. The van der Waals surface area contributed by atoms with Crippen molar-refractivity contribution in [1.29, 1.82) is 0 Å². The van der Waals surface area contributed by atoms with Crippen LogP contribution < -0.4 is 5.32 Å². The summed E-state index contributed by atoms with van der Waals surface area (Å²) < 4.78 is 0. The molecule has 1 aromatic heterocycles. The zero-order valence-corrected chi connectivity index (χ0v) is 12.5. The van der Waals surface area contributed by atoms with Gasteiger partial charge >= 0.3 is 5.97 Å². The van der Waals surface area contributed by atoms with Gasteiger partial charge in [-0.2, -0.15) is 0 Å². The van der Waals surface area contributed by atoms with Crippen molar-refractivity contribution in [3.8, 4) is 0 Å². The van der Waals surface area contributed by atoms with E-state index in [-0.39, 0.29) is 16.5 Å². The van der Waals surface area contributed by atoms with Crippen LogP contribution in [0.1, 0.15) is 15.9 Å². The van der Waals surface area contributed by atoms with Crippen LogP contribution in [0.15, 0.2) is 24.3 Å². The Balaban J connectivity index is 2.53. The molecule has 20 heavy (non-hydrogen) atoms. The van der Waals surface area contributed by atoms with Crippen molar-refractivity contribution >= 4 is 52.3 Å². The molecule has 2 N–H and O–H groups in total. The maximum atomic E-state index is 11.2. The second-order valence-corrected chi connectivity index (χ2v) is 5.19. The van der Waals surface area contributed by atoms with Gasteiger partial charge in [0.15, 0.2) is 0 Å². The van der Waals surface area contributed by atoms with Gasteiger partial charge in [0.05, 0.1) is 15.7 Å². The Kier molecular flexibility index (Phi) is 4.38. The largest absolute Gasteiger partial charge is 0.478 e. The van der Waals surface area contributed by atoms with Gasteiger partial charge in [-0.15, -0.1) is 0 Å². The highest BCUT2D eigenvalue weighted by atomic mass is 35.5. The molecule has 2 aromatic rings. The van der Waals surface area contributed by atoms with Gasteiger partial charge in [-0.3, -0.25) is 0 Å². The fraction of sp³-hybridized carbons (Fsp3) is 0.0769. The van der Waals surface area contributed by atoms with Crippen molar-refractivity contribution in [3.63, 3.8) is 0 Å². The van der Waals surface area contributed by atoms with E-state index >= 15 is 0 Å². The Hall–Kier alpha value is -1.49. The first kappa shape index (κ1) is 14.9. The number of pyridine rings is 1. The first-order valence-corrected chi connectivity index (χ1v) is 6.65. The van der Waals surface area contributed by atoms with E-state index in [2.05, 4.69) is 10.3 Å². The molecular formula is C13H9Cl3N2O2. The molecule has 0 fully saturated rings. The number of benzene rings is 1. The van der Waals surface area contributed by atoms with E-state index in [4.69, 9.17) is 39.9 Å². The Labute approximate surface area is 130 Å². The molecule has 1 aromatic carbocycles. The van der Waals surface area contributed by atoms with Gasteiger partial charge in [-0.25, -0.2) is 9.78 Å². The van der Waals surface area contributed by atoms with Gasteiger partial charge in [0.1, 0.15) is 16.5 Å². The molecule has 0 atom stereocenters. The van der Waals surface area contributed by atoms with Gasteiger partial charge in [0.2, 0.25) is 0 Å². The third-order valence-corrected chi connectivity index (χ3v) is 3.63. The first-order chi connectivity index (χ1) is 9.40. The number of aromatic nitrogens is 1. The number of hydrogen-bond acceptors (Lipinski definition) is 3. The third-order valence-electron chi connectivity index (χ3n) is 2.62. The Morgan fingerprint density at radius 3 is 2.55 bits per heavy atom. The highest BCUT2D eigenvalue weighted by molar-refractivity contribution is 6.39. The molecule has 0 aliphatic heterocycles. The summed E-state index contributed by atoms with van der Waals surface area (Å²) in [5, 5.41) is 12.9. The summed E-state index contributed by atoms with van der Waals surface area (Å²) >= 11 is 18.0. The lowest BCUT2D eigenvalue weighted by molar-refractivity contribution is 0.0697. The summed E-state index contributed by atoms with van der Waals surface area (Å²) in [4.78, 5) is 15.1. The van der Waals surface area contributed by atoms with Crippen LogP contribution in [0.2, 0.25) is 15.2 Å². The zero-order chi connectivity index (χ0) is 14.9. The molecule has 0 unspecified atom stereocenters. The van der Waals surface area contributed by atoms with Crippen LogP contribution in [0, 0.1) is 6.92 Å². The fourth-order valence-corrected chi connectivity index (χ4v) is 2.21. The van der Waals surface area contributed by atoms with E-state index in [1.807, 2.05) is 6.92 Å². The van der Waals surface area contributed by atoms with Crippen molar-refractivity contribution < 1.29 is 9.90 Å². The van der Waals surface area contributed by atoms with E-state index in [0.29, 0.717) is 15.7 Å². The molecule has 0 aliphatic carbocycles. The van der Waals surface area contributed by atoms with E-state index in [1.54, 1.807) is 12.1 Å². The van der Waals surface area contributed by atoms with Crippen LogP contribution in [0.3, 0.4) is 0 Å². The van der Waals surface area contributed by atoms with Crippen LogP contribution in [-0.2, 0) is 0 Å². The molecule has 0 saturated carbocycles. The summed E-state index contributed by atoms with van der Waals surface area (Å²) in [5.41, 5.74) is 1.17. The van der Waals surface area contributed by atoms with Crippen molar-refractivity contribution in [2.75, 3.05) is 5.32 Å². The minimum absolute atomic E-state index is 0.0250.